The third kappa shape index (κ3) is 3.01. The van der Waals surface area contributed by atoms with Crippen LogP contribution in [0.1, 0.15) is 6.92 Å². The predicted octanol–water partition coefficient (Wildman–Crippen LogP) is -0.755. The summed E-state index contributed by atoms with van der Waals surface area (Å²) in [6.45, 7) is 1.23. The van der Waals surface area contributed by atoms with Crippen LogP contribution in [-0.4, -0.2) is 42.6 Å². The molecule has 7 heteroatoms. The first-order valence-corrected chi connectivity index (χ1v) is 4.99. The molecule has 1 N–H and O–H groups in total. The third-order valence-electron chi connectivity index (χ3n) is 1.59. The zero-order valence-corrected chi connectivity index (χ0v) is 8.08. The topological polar surface area (TPSA) is 98.5 Å². The maximum absolute atomic E-state index is 11.1. The fourth-order valence-electron chi connectivity index (χ4n) is 0.580. The molecule has 0 aliphatic rings. The van der Waals surface area contributed by atoms with E-state index < -0.39 is 27.8 Å². The minimum absolute atomic E-state index is 0.665. The molecule has 0 amide bonds. The van der Waals surface area contributed by atoms with Gasteiger partial charge < -0.3 is 5.11 Å². The summed E-state index contributed by atoms with van der Waals surface area (Å²) in [5, 5.41) is 16.7. The van der Waals surface area contributed by atoms with Gasteiger partial charge in [-0.05, 0) is 6.92 Å². The lowest BCUT2D eigenvalue weighted by Gasteiger charge is -2.18. The molecule has 6 nitrogen and oxygen atoms in total. The van der Waals surface area contributed by atoms with E-state index in [4.69, 9.17) is 10.4 Å². The van der Waals surface area contributed by atoms with Crippen molar-refractivity contribution in [2.24, 2.45) is 0 Å². The van der Waals surface area contributed by atoms with E-state index in [1.54, 1.807) is 0 Å². The van der Waals surface area contributed by atoms with Crippen LogP contribution in [0.2, 0.25) is 0 Å². The lowest BCUT2D eigenvalue weighted by atomic mass is 10.4. The first-order chi connectivity index (χ1) is 5.83. The van der Waals surface area contributed by atoms with Crippen LogP contribution in [0.3, 0.4) is 0 Å². The normalized spacial score (nSPS) is 13.7. The molecule has 1 atom stereocenters. The number of nitrogens with zero attached hydrogens (tertiary/aromatic N) is 2. The Bertz CT molecular complexity index is 329. The molecule has 0 saturated carbocycles. The van der Waals surface area contributed by atoms with Gasteiger partial charge in [0, 0.05) is 7.05 Å². The molecule has 0 aromatic heterocycles. The molecular weight excluding hydrogens is 196 g/mol. The molecule has 0 bridgehead atoms. The van der Waals surface area contributed by atoms with Crippen molar-refractivity contribution in [2.45, 2.75) is 13.0 Å². The Labute approximate surface area is 76.4 Å². The van der Waals surface area contributed by atoms with Gasteiger partial charge in [-0.1, -0.05) is 0 Å². The maximum Gasteiger partial charge on any atom is 0.321 e. The second kappa shape index (κ2) is 4.20. The Kier molecular flexibility index (Phi) is 3.84. The monoisotopic (exact) mass is 206 g/mol. The summed E-state index contributed by atoms with van der Waals surface area (Å²) in [5.41, 5.74) is 0. The molecule has 0 aromatic rings. The predicted molar refractivity (Wildman–Crippen MR) is 44.3 cm³/mol. The van der Waals surface area contributed by atoms with Gasteiger partial charge in [0.25, 0.3) is 0 Å². The molecule has 0 spiro atoms. The SMILES string of the molecule is CC(C(=O)O)N(C)S(=O)(=O)CC#N. The van der Waals surface area contributed by atoms with Crippen molar-refractivity contribution < 1.29 is 18.3 Å². The lowest BCUT2D eigenvalue weighted by molar-refractivity contribution is -0.140. The Hall–Kier alpha value is -1.13. The van der Waals surface area contributed by atoms with Crippen LogP contribution in [0.5, 0.6) is 0 Å². The highest BCUT2D eigenvalue weighted by Crippen LogP contribution is 2.03. The summed E-state index contributed by atoms with van der Waals surface area (Å²) in [5.74, 6) is -1.95. The number of hydrogen-bond donors (Lipinski definition) is 1. The number of aliphatic carboxylic acids is 1. The molecule has 0 saturated heterocycles. The molecule has 0 aliphatic carbocycles. The average Bonchev–Trinajstić information content (AvgIpc) is 2.01. The number of hydrogen-bond acceptors (Lipinski definition) is 4. The summed E-state index contributed by atoms with van der Waals surface area (Å²) >= 11 is 0. The Morgan fingerprint density at radius 1 is 1.69 bits per heavy atom. The van der Waals surface area contributed by atoms with E-state index >= 15 is 0 Å². The lowest BCUT2D eigenvalue weighted by Crippen LogP contribution is -2.41. The van der Waals surface area contributed by atoms with Gasteiger partial charge in [-0.25, -0.2) is 8.42 Å². The summed E-state index contributed by atoms with van der Waals surface area (Å²) in [6.07, 6.45) is 0. The molecule has 0 aliphatic heterocycles. The van der Waals surface area contributed by atoms with Crippen molar-refractivity contribution in [3.05, 3.63) is 0 Å². The second-order valence-corrected chi connectivity index (χ2v) is 4.47. The summed E-state index contributed by atoms with van der Waals surface area (Å²) in [4.78, 5) is 10.4. The summed E-state index contributed by atoms with van der Waals surface area (Å²) < 4.78 is 22.9. The first-order valence-electron chi connectivity index (χ1n) is 3.38. The van der Waals surface area contributed by atoms with Crippen molar-refractivity contribution in [1.29, 1.82) is 5.26 Å². The standard InChI is InChI=1S/C6H10N2O4S/c1-5(6(9)10)8(2)13(11,12)4-3-7/h5H,4H2,1-2H3,(H,9,10). The van der Waals surface area contributed by atoms with E-state index in [9.17, 15) is 13.2 Å². The van der Waals surface area contributed by atoms with E-state index in [2.05, 4.69) is 0 Å². The molecule has 1 unspecified atom stereocenters. The fraction of sp³-hybridized carbons (Fsp3) is 0.667. The van der Waals surface area contributed by atoms with Crippen molar-refractivity contribution >= 4 is 16.0 Å². The highest BCUT2D eigenvalue weighted by Gasteiger charge is 2.27. The molecule has 0 radical (unpaired) electrons. The number of rotatable bonds is 4. The fourth-order valence-corrected chi connectivity index (χ4v) is 1.52. The van der Waals surface area contributed by atoms with Crippen LogP contribution in [0.25, 0.3) is 0 Å². The zero-order valence-electron chi connectivity index (χ0n) is 7.26. The highest BCUT2D eigenvalue weighted by atomic mass is 32.2. The van der Waals surface area contributed by atoms with Gasteiger partial charge in [0.15, 0.2) is 5.75 Å². The molecule has 74 valence electrons. The van der Waals surface area contributed by atoms with E-state index in [1.165, 1.54) is 13.0 Å². The Morgan fingerprint density at radius 3 is 2.46 bits per heavy atom. The number of sulfonamides is 1. The van der Waals surface area contributed by atoms with Gasteiger partial charge >= 0.3 is 5.97 Å². The van der Waals surface area contributed by atoms with E-state index in [0.717, 1.165) is 7.05 Å². The van der Waals surface area contributed by atoms with Crippen LogP contribution < -0.4 is 0 Å². The number of carboxylic acids is 1. The van der Waals surface area contributed by atoms with Gasteiger partial charge in [0.2, 0.25) is 10.0 Å². The minimum atomic E-state index is -3.76. The smallest absolute Gasteiger partial charge is 0.321 e. The van der Waals surface area contributed by atoms with Crippen LogP contribution in [-0.2, 0) is 14.8 Å². The molecule has 0 aromatic carbocycles. The van der Waals surface area contributed by atoms with Crippen LogP contribution in [0.4, 0.5) is 0 Å². The van der Waals surface area contributed by atoms with Crippen molar-refractivity contribution in [3.63, 3.8) is 0 Å². The average molecular weight is 206 g/mol. The number of carbonyl (C=O) groups is 1. The summed E-state index contributed by atoms with van der Waals surface area (Å²) in [6, 6.07) is 0.306. The quantitative estimate of drug-likeness (QED) is 0.652. The number of carboxylic acid groups (broad SMARTS) is 1. The van der Waals surface area contributed by atoms with Crippen LogP contribution >= 0.6 is 0 Å². The van der Waals surface area contributed by atoms with Gasteiger partial charge in [-0.3, -0.25) is 4.79 Å². The minimum Gasteiger partial charge on any atom is -0.480 e. The van der Waals surface area contributed by atoms with Gasteiger partial charge in [0.05, 0.1) is 6.07 Å². The van der Waals surface area contributed by atoms with E-state index in [1.807, 2.05) is 0 Å². The molecule has 0 fully saturated rings. The molecule has 0 rings (SSSR count). The Balaban J connectivity index is 4.71. The van der Waals surface area contributed by atoms with Gasteiger partial charge in [-0.2, -0.15) is 9.57 Å². The third-order valence-corrected chi connectivity index (χ3v) is 3.28. The Morgan fingerprint density at radius 2 is 2.15 bits per heavy atom. The van der Waals surface area contributed by atoms with Crippen molar-refractivity contribution in [1.82, 2.24) is 4.31 Å². The van der Waals surface area contributed by atoms with Crippen LogP contribution in [0, 0.1) is 11.3 Å². The largest absolute Gasteiger partial charge is 0.480 e. The maximum atomic E-state index is 11.1. The molecule has 0 heterocycles. The molecular formula is C6H10N2O4S. The zero-order chi connectivity index (χ0) is 10.6. The highest BCUT2D eigenvalue weighted by molar-refractivity contribution is 7.89. The van der Waals surface area contributed by atoms with Gasteiger partial charge in [-0.15, -0.1) is 0 Å². The van der Waals surface area contributed by atoms with Crippen molar-refractivity contribution in [3.8, 4) is 6.07 Å². The number of likely N-dealkylation sites (N-methyl/N-ethyl adjacent to an activating group) is 1. The number of nitriles is 1. The van der Waals surface area contributed by atoms with Crippen LogP contribution in [0.15, 0.2) is 0 Å². The first kappa shape index (κ1) is 11.9. The second-order valence-electron chi connectivity index (χ2n) is 2.44. The van der Waals surface area contributed by atoms with Crippen molar-refractivity contribution in [2.75, 3.05) is 12.8 Å². The summed E-state index contributed by atoms with van der Waals surface area (Å²) in [7, 11) is -2.63. The van der Waals surface area contributed by atoms with Gasteiger partial charge in [0.1, 0.15) is 6.04 Å². The molecule has 13 heavy (non-hydrogen) atoms. The van der Waals surface area contributed by atoms with E-state index in [-0.39, 0.29) is 0 Å². The van der Waals surface area contributed by atoms with E-state index in [0.29, 0.717) is 4.31 Å².